The smallest absolute Gasteiger partial charge is 0.341 e. The van der Waals surface area contributed by atoms with E-state index in [1.54, 1.807) is 16.5 Å². The molecule has 0 atom stereocenters. The van der Waals surface area contributed by atoms with Gasteiger partial charge in [-0.25, -0.2) is 0 Å². The van der Waals surface area contributed by atoms with E-state index in [1.165, 1.54) is 28.0 Å². The third-order valence-electron chi connectivity index (χ3n) is 6.19. The van der Waals surface area contributed by atoms with Gasteiger partial charge in [0, 0.05) is 34.9 Å². The molecule has 1 saturated heterocycles. The Morgan fingerprint density at radius 3 is 2.56 bits per heavy atom. The van der Waals surface area contributed by atoms with Crippen LogP contribution >= 0.6 is 22.9 Å². The van der Waals surface area contributed by atoms with Crippen LogP contribution < -0.4 is 5.56 Å². The Morgan fingerprint density at radius 1 is 1.19 bits per heavy atom. The molecule has 5 rings (SSSR count). The van der Waals surface area contributed by atoms with E-state index in [9.17, 15) is 22.8 Å². The first-order chi connectivity index (χ1) is 15.2. The highest BCUT2D eigenvalue weighted by Gasteiger charge is 2.34. The summed E-state index contributed by atoms with van der Waals surface area (Å²) in [4.78, 5) is 27.9. The molecule has 0 N–H and O–H groups in total. The van der Waals surface area contributed by atoms with Gasteiger partial charge in [0.15, 0.2) is 0 Å². The van der Waals surface area contributed by atoms with Crippen LogP contribution in [0.25, 0.3) is 21.2 Å². The van der Waals surface area contributed by atoms with Crippen LogP contribution in [0, 0.1) is 0 Å². The molecule has 1 amide bonds. The van der Waals surface area contributed by atoms with E-state index in [-0.39, 0.29) is 28.6 Å². The maximum absolute atomic E-state index is 13.4. The average molecular weight is 481 g/mol. The lowest BCUT2D eigenvalue weighted by Crippen LogP contribution is -2.34. The van der Waals surface area contributed by atoms with Crippen LogP contribution in [0.4, 0.5) is 13.2 Å². The number of hydrogen-bond acceptors (Lipinski definition) is 3. The normalized spacial score (nSPS) is 16.8. The van der Waals surface area contributed by atoms with Gasteiger partial charge in [-0.05, 0) is 54.9 Å². The largest absolute Gasteiger partial charge is 0.417 e. The van der Waals surface area contributed by atoms with Gasteiger partial charge >= 0.3 is 6.18 Å². The summed E-state index contributed by atoms with van der Waals surface area (Å²) in [5.41, 5.74) is 0.447. The maximum atomic E-state index is 13.4. The molecule has 32 heavy (non-hydrogen) atoms. The number of hydrogen-bond donors (Lipinski definition) is 0. The number of amides is 1. The Morgan fingerprint density at radius 2 is 1.91 bits per heavy atom. The number of benzene rings is 1. The number of fused-ring (bicyclic) bond motifs is 1. The molecule has 0 radical (unpaired) electrons. The molecule has 2 aromatic heterocycles. The number of rotatable bonds is 4. The zero-order valence-corrected chi connectivity index (χ0v) is 18.6. The van der Waals surface area contributed by atoms with Crippen molar-refractivity contribution in [2.75, 3.05) is 13.1 Å². The van der Waals surface area contributed by atoms with Gasteiger partial charge in [0.25, 0.3) is 5.56 Å². The predicted octanol–water partition coefficient (Wildman–Crippen LogP) is 5.90. The van der Waals surface area contributed by atoms with Gasteiger partial charge < -0.3 is 9.47 Å². The van der Waals surface area contributed by atoms with Crippen molar-refractivity contribution in [2.45, 2.75) is 44.3 Å². The molecule has 4 nitrogen and oxygen atoms in total. The van der Waals surface area contributed by atoms with Crippen LogP contribution in [0.1, 0.15) is 42.7 Å². The predicted molar refractivity (Wildman–Crippen MR) is 119 cm³/mol. The summed E-state index contributed by atoms with van der Waals surface area (Å²) in [5.74, 6) is 0.210. The topological polar surface area (TPSA) is 42.3 Å². The molecule has 9 heteroatoms. The summed E-state index contributed by atoms with van der Waals surface area (Å²) in [6, 6.07) is 3.71. The van der Waals surface area contributed by atoms with Gasteiger partial charge in [-0.15, -0.1) is 11.3 Å². The Hall–Kier alpha value is -2.32. The number of pyridine rings is 1. The Kier molecular flexibility index (Phi) is 5.33. The van der Waals surface area contributed by atoms with E-state index >= 15 is 0 Å². The van der Waals surface area contributed by atoms with Crippen LogP contribution in [-0.4, -0.2) is 28.5 Å². The van der Waals surface area contributed by atoms with Crippen LogP contribution in [0.15, 0.2) is 34.6 Å². The minimum atomic E-state index is -4.60. The summed E-state index contributed by atoms with van der Waals surface area (Å²) < 4.78 is 42.5. The van der Waals surface area contributed by atoms with Crippen molar-refractivity contribution < 1.29 is 18.0 Å². The summed E-state index contributed by atoms with van der Waals surface area (Å²) in [6.45, 7) is 1.33. The molecule has 2 aliphatic rings. The monoisotopic (exact) mass is 480 g/mol. The minimum absolute atomic E-state index is 0.0573. The van der Waals surface area contributed by atoms with Crippen molar-refractivity contribution in [2.24, 2.45) is 0 Å². The molecule has 2 fully saturated rings. The van der Waals surface area contributed by atoms with Crippen LogP contribution in [-0.2, 0) is 17.5 Å². The summed E-state index contributed by atoms with van der Waals surface area (Å²) in [5, 5.41) is 1.73. The molecular formula is C23H20ClF3N2O2S. The molecule has 1 aliphatic heterocycles. The molecular weight excluding hydrogens is 461 g/mol. The van der Waals surface area contributed by atoms with Gasteiger partial charge in [0.2, 0.25) is 5.91 Å². The Balaban J connectivity index is 1.65. The van der Waals surface area contributed by atoms with Crippen LogP contribution in [0.3, 0.4) is 0 Å². The maximum Gasteiger partial charge on any atom is 0.417 e. The van der Waals surface area contributed by atoms with Crippen molar-refractivity contribution >= 4 is 38.9 Å². The minimum Gasteiger partial charge on any atom is -0.341 e. The second-order valence-corrected chi connectivity index (χ2v) is 9.71. The molecule has 168 valence electrons. The first-order valence-electron chi connectivity index (χ1n) is 10.5. The molecule has 0 spiro atoms. The fraction of sp³-hybridized carbons (Fsp3) is 0.391. The Labute approximate surface area is 191 Å². The molecule has 1 aliphatic carbocycles. The molecule has 1 aromatic carbocycles. The second-order valence-electron chi connectivity index (χ2n) is 8.43. The number of nitrogens with zero attached hydrogens (tertiary/aromatic N) is 2. The lowest BCUT2D eigenvalue weighted by Gasteiger charge is -2.17. The lowest BCUT2D eigenvalue weighted by atomic mass is 10.0. The number of halogens is 4. The third-order valence-corrected chi connectivity index (χ3v) is 7.55. The fourth-order valence-electron chi connectivity index (χ4n) is 4.35. The van der Waals surface area contributed by atoms with Crippen LogP contribution in [0.5, 0.6) is 0 Å². The number of likely N-dealkylation sites (tertiary alicyclic amines) is 1. The van der Waals surface area contributed by atoms with Crippen molar-refractivity contribution in [1.29, 1.82) is 0 Å². The van der Waals surface area contributed by atoms with Crippen molar-refractivity contribution in [3.63, 3.8) is 0 Å². The van der Waals surface area contributed by atoms with Crippen LogP contribution in [0.2, 0.25) is 5.02 Å². The summed E-state index contributed by atoms with van der Waals surface area (Å²) in [7, 11) is 0. The average Bonchev–Trinajstić information content (AvgIpc) is 3.24. The van der Waals surface area contributed by atoms with Gasteiger partial charge in [0.05, 0.1) is 16.0 Å². The van der Waals surface area contributed by atoms with Gasteiger partial charge in [-0.3, -0.25) is 9.59 Å². The summed E-state index contributed by atoms with van der Waals surface area (Å²) >= 11 is 7.15. The highest BCUT2D eigenvalue weighted by Crippen LogP contribution is 2.46. The van der Waals surface area contributed by atoms with Crippen molar-refractivity contribution in [1.82, 2.24) is 9.47 Å². The van der Waals surface area contributed by atoms with Gasteiger partial charge in [-0.1, -0.05) is 17.7 Å². The molecule has 3 heterocycles. The van der Waals surface area contributed by atoms with Crippen molar-refractivity contribution in [3.05, 3.63) is 56.3 Å². The fourth-order valence-corrected chi connectivity index (χ4v) is 5.73. The molecule has 1 saturated carbocycles. The highest BCUT2D eigenvalue weighted by molar-refractivity contribution is 7.18. The second kappa shape index (κ2) is 7.92. The van der Waals surface area contributed by atoms with E-state index in [0.29, 0.717) is 30.0 Å². The number of thiophene rings is 1. The van der Waals surface area contributed by atoms with E-state index in [1.807, 2.05) is 0 Å². The highest BCUT2D eigenvalue weighted by atomic mass is 35.5. The number of alkyl halides is 3. The number of carbonyl (C=O) groups is 1. The number of aromatic nitrogens is 1. The third kappa shape index (κ3) is 3.83. The zero-order chi connectivity index (χ0) is 22.6. The van der Waals surface area contributed by atoms with E-state index < -0.39 is 11.7 Å². The first kappa shape index (κ1) is 21.5. The standard InChI is InChI=1S/C23H20ClF3N2O2S/c24-18-6-5-14(9-17(18)23(25,26)27)16-12-32-21-15(13-3-4-13)10-29(22(31)20(16)21)11-19(30)28-7-1-2-8-28/h5-6,9-10,12-13H,1-4,7-8,11H2. The quantitative estimate of drug-likeness (QED) is 0.466. The zero-order valence-electron chi connectivity index (χ0n) is 17.0. The van der Waals surface area contributed by atoms with E-state index in [0.717, 1.165) is 42.0 Å². The Bertz CT molecular complexity index is 1270. The first-order valence-corrected chi connectivity index (χ1v) is 11.8. The summed E-state index contributed by atoms with van der Waals surface area (Å²) in [6.07, 6.45) is 1.10. The van der Waals surface area contributed by atoms with E-state index in [4.69, 9.17) is 11.6 Å². The van der Waals surface area contributed by atoms with E-state index in [2.05, 4.69) is 0 Å². The molecule has 0 unspecified atom stereocenters. The number of carbonyl (C=O) groups excluding carboxylic acids is 1. The van der Waals surface area contributed by atoms with Crippen molar-refractivity contribution in [3.8, 4) is 11.1 Å². The van der Waals surface area contributed by atoms with Gasteiger partial charge in [-0.2, -0.15) is 13.2 Å². The SMILES string of the molecule is O=C(Cn1cc(C2CC2)c2scc(-c3ccc(Cl)c(C(F)(F)F)c3)c2c1=O)N1CCCC1. The molecule has 3 aromatic rings. The van der Waals surface area contributed by atoms with Gasteiger partial charge in [0.1, 0.15) is 6.54 Å². The lowest BCUT2D eigenvalue weighted by molar-refractivity contribution is -0.137. The molecule has 0 bridgehead atoms.